The van der Waals surface area contributed by atoms with Crippen molar-refractivity contribution in [3.05, 3.63) is 59.1 Å². The van der Waals surface area contributed by atoms with Gasteiger partial charge in [-0.3, -0.25) is 15.1 Å². The normalized spacial score (nSPS) is 11.3. The van der Waals surface area contributed by atoms with Crippen molar-refractivity contribution in [1.29, 1.82) is 0 Å². The van der Waals surface area contributed by atoms with E-state index in [-0.39, 0.29) is 17.9 Å². The smallest absolute Gasteiger partial charge is 0.264 e. The molecule has 3 rings (SSSR count). The van der Waals surface area contributed by atoms with Crippen molar-refractivity contribution in [3.63, 3.8) is 0 Å². The number of nitrogens with one attached hydrogen (secondary N) is 1. The largest absolute Gasteiger partial charge is 0.483 e. The van der Waals surface area contributed by atoms with Gasteiger partial charge in [0.25, 0.3) is 5.91 Å². The van der Waals surface area contributed by atoms with Crippen LogP contribution < -0.4 is 10.1 Å². The molecule has 2 heterocycles. The van der Waals surface area contributed by atoms with Gasteiger partial charge in [-0.05, 0) is 36.1 Å². The Kier molecular flexibility index (Phi) is 5.56. The summed E-state index contributed by atoms with van der Waals surface area (Å²) in [6.45, 7) is 8.37. The number of anilines is 1. The van der Waals surface area contributed by atoms with E-state index in [9.17, 15) is 4.79 Å². The molecule has 2 aromatic heterocycles. The fourth-order valence-corrected chi connectivity index (χ4v) is 3.34. The molecule has 1 N–H and O–H groups in total. The lowest BCUT2D eigenvalue weighted by Crippen LogP contribution is -2.22. The molecule has 0 aliphatic carbocycles. The topological polar surface area (TPSA) is 64.1 Å². The minimum atomic E-state index is -0.239. The maximum absolute atomic E-state index is 12.3. The number of rotatable bonds is 5. The standard InChI is InChI=1S/C21H23N3O2S/c1-14-8-9-18(15(11-14)21(2,3)4)26-12-19(25)24-20-23-17(13-27-20)16-7-5-6-10-22-16/h5-11,13H,12H2,1-4H3,(H,23,24,25). The third kappa shape index (κ3) is 4.92. The van der Waals surface area contributed by atoms with Gasteiger partial charge in [-0.15, -0.1) is 11.3 Å². The number of carbonyl (C=O) groups excluding carboxylic acids is 1. The highest BCUT2D eigenvalue weighted by Gasteiger charge is 2.20. The van der Waals surface area contributed by atoms with E-state index < -0.39 is 0 Å². The van der Waals surface area contributed by atoms with E-state index in [4.69, 9.17) is 4.74 Å². The van der Waals surface area contributed by atoms with Gasteiger partial charge in [-0.1, -0.05) is 44.5 Å². The first kappa shape index (κ1) is 19.0. The van der Waals surface area contributed by atoms with E-state index in [1.807, 2.05) is 42.6 Å². The van der Waals surface area contributed by atoms with Crippen LogP contribution in [0.15, 0.2) is 48.0 Å². The van der Waals surface area contributed by atoms with Crippen LogP contribution >= 0.6 is 11.3 Å². The molecule has 6 heteroatoms. The number of carbonyl (C=O) groups is 1. The number of nitrogens with zero attached hydrogens (tertiary/aromatic N) is 2. The molecule has 3 aromatic rings. The van der Waals surface area contributed by atoms with Crippen molar-refractivity contribution >= 4 is 22.4 Å². The van der Waals surface area contributed by atoms with E-state index in [1.54, 1.807) is 6.20 Å². The molecule has 0 aliphatic rings. The van der Waals surface area contributed by atoms with Gasteiger partial charge in [-0.2, -0.15) is 0 Å². The second-order valence-corrected chi connectivity index (χ2v) is 8.20. The van der Waals surface area contributed by atoms with Crippen molar-refractivity contribution in [2.45, 2.75) is 33.1 Å². The monoisotopic (exact) mass is 381 g/mol. The van der Waals surface area contributed by atoms with Crippen molar-refractivity contribution in [3.8, 4) is 17.1 Å². The molecule has 140 valence electrons. The third-order valence-corrected chi connectivity index (χ3v) is 4.74. The number of amides is 1. The van der Waals surface area contributed by atoms with Gasteiger partial charge in [-0.25, -0.2) is 4.98 Å². The summed E-state index contributed by atoms with van der Waals surface area (Å²) in [5, 5.41) is 5.19. The highest BCUT2D eigenvalue weighted by molar-refractivity contribution is 7.14. The van der Waals surface area contributed by atoms with E-state index >= 15 is 0 Å². The molecular weight excluding hydrogens is 358 g/mol. The SMILES string of the molecule is Cc1ccc(OCC(=O)Nc2nc(-c3ccccn3)cs2)c(C(C)(C)C)c1. The summed E-state index contributed by atoms with van der Waals surface area (Å²) in [7, 11) is 0. The Morgan fingerprint density at radius 3 is 2.70 bits per heavy atom. The molecule has 0 fully saturated rings. The van der Waals surface area contributed by atoms with Crippen LogP contribution in [0.3, 0.4) is 0 Å². The van der Waals surface area contributed by atoms with Gasteiger partial charge in [0.05, 0.1) is 5.69 Å². The summed E-state index contributed by atoms with van der Waals surface area (Å²) in [6, 6.07) is 11.7. The highest BCUT2D eigenvalue weighted by atomic mass is 32.1. The van der Waals surface area contributed by atoms with Crippen LogP contribution in [-0.2, 0) is 10.2 Å². The van der Waals surface area contributed by atoms with Crippen LogP contribution in [0.5, 0.6) is 5.75 Å². The maximum Gasteiger partial charge on any atom is 0.264 e. The highest BCUT2D eigenvalue weighted by Crippen LogP contribution is 2.32. The number of hydrogen-bond acceptors (Lipinski definition) is 5. The van der Waals surface area contributed by atoms with Crippen molar-refractivity contribution in [1.82, 2.24) is 9.97 Å². The van der Waals surface area contributed by atoms with Crippen LogP contribution in [0.1, 0.15) is 31.9 Å². The molecule has 0 saturated carbocycles. The molecule has 0 bridgehead atoms. The van der Waals surface area contributed by atoms with Crippen LogP contribution in [0.25, 0.3) is 11.4 Å². The Hall–Kier alpha value is -2.73. The number of aromatic nitrogens is 2. The number of thiazole rings is 1. The van der Waals surface area contributed by atoms with Gasteiger partial charge < -0.3 is 4.74 Å². The lowest BCUT2D eigenvalue weighted by Gasteiger charge is -2.23. The Labute approximate surface area is 163 Å². The van der Waals surface area contributed by atoms with Crippen LogP contribution in [0, 0.1) is 6.92 Å². The van der Waals surface area contributed by atoms with Crippen LogP contribution in [0.4, 0.5) is 5.13 Å². The Balaban J connectivity index is 1.64. The summed E-state index contributed by atoms with van der Waals surface area (Å²) in [5.41, 5.74) is 3.71. The number of aryl methyl sites for hydroxylation is 1. The van der Waals surface area contributed by atoms with Gasteiger partial charge in [0, 0.05) is 11.6 Å². The zero-order valence-corrected chi connectivity index (χ0v) is 16.8. The summed E-state index contributed by atoms with van der Waals surface area (Å²) >= 11 is 1.37. The molecule has 1 aromatic carbocycles. The molecular formula is C21H23N3O2S. The van der Waals surface area contributed by atoms with Gasteiger partial charge in [0.15, 0.2) is 11.7 Å². The summed E-state index contributed by atoms with van der Waals surface area (Å²) in [6.07, 6.45) is 1.72. The predicted octanol–water partition coefficient (Wildman–Crippen LogP) is 4.83. The minimum absolute atomic E-state index is 0.0648. The minimum Gasteiger partial charge on any atom is -0.483 e. The quantitative estimate of drug-likeness (QED) is 0.688. The Morgan fingerprint density at radius 2 is 2.00 bits per heavy atom. The number of benzene rings is 1. The van der Waals surface area contributed by atoms with E-state index in [0.29, 0.717) is 5.13 Å². The Bertz CT molecular complexity index is 930. The van der Waals surface area contributed by atoms with Crippen LogP contribution in [0.2, 0.25) is 0 Å². The van der Waals surface area contributed by atoms with Crippen molar-refractivity contribution < 1.29 is 9.53 Å². The summed E-state index contributed by atoms with van der Waals surface area (Å²) in [4.78, 5) is 21.0. The second-order valence-electron chi connectivity index (χ2n) is 7.34. The lowest BCUT2D eigenvalue weighted by molar-refractivity contribution is -0.118. The zero-order valence-electron chi connectivity index (χ0n) is 15.9. The van der Waals surface area contributed by atoms with E-state index in [2.05, 4.69) is 42.1 Å². The molecule has 0 unspecified atom stereocenters. The average molecular weight is 382 g/mol. The van der Waals surface area contributed by atoms with Gasteiger partial charge in [0.2, 0.25) is 0 Å². The maximum atomic E-state index is 12.3. The molecule has 27 heavy (non-hydrogen) atoms. The number of pyridine rings is 1. The predicted molar refractivity (Wildman–Crippen MR) is 109 cm³/mol. The number of hydrogen-bond donors (Lipinski definition) is 1. The molecule has 5 nitrogen and oxygen atoms in total. The first-order chi connectivity index (χ1) is 12.8. The average Bonchev–Trinajstić information content (AvgIpc) is 3.09. The van der Waals surface area contributed by atoms with E-state index in [0.717, 1.165) is 22.7 Å². The van der Waals surface area contributed by atoms with E-state index in [1.165, 1.54) is 16.9 Å². The molecule has 0 atom stereocenters. The van der Waals surface area contributed by atoms with Crippen LogP contribution in [-0.4, -0.2) is 22.5 Å². The first-order valence-electron chi connectivity index (χ1n) is 8.73. The fourth-order valence-electron chi connectivity index (χ4n) is 2.62. The van der Waals surface area contributed by atoms with Crippen molar-refractivity contribution in [2.24, 2.45) is 0 Å². The molecule has 1 amide bonds. The zero-order chi connectivity index (χ0) is 19.4. The second kappa shape index (κ2) is 7.88. The fraction of sp³-hybridized carbons (Fsp3) is 0.286. The lowest BCUT2D eigenvalue weighted by atomic mass is 9.85. The first-order valence-corrected chi connectivity index (χ1v) is 9.61. The third-order valence-electron chi connectivity index (χ3n) is 3.98. The molecule has 0 radical (unpaired) electrons. The molecule has 0 aliphatic heterocycles. The van der Waals surface area contributed by atoms with Crippen molar-refractivity contribution in [2.75, 3.05) is 11.9 Å². The number of ether oxygens (including phenoxy) is 1. The summed E-state index contributed by atoms with van der Waals surface area (Å²) < 4.78 is 5.80. The van der Waals surface area contributed by atoms with Gasteiger partial charge >= 0.3 is 0 Å². The Morgan fingerprint density at radius 1 is 1.19 bits per heavy atom. The molecule has 0 saturated heterocycles. The molecule has 0 spiro atoms. The van der Waals surface area contributed by atoms with Gasteiger partial charge in [0.1, 0.15) is 11.4 Å². The summed E-state index contributed by atoms with van der Waals surface area (Å²) in [5.74, 6) is 0.494.